The highest BCUT2D eigenvalue weighted by atomic mass is 16.3. The smallest absolute Gasteiger partial charge is 0.0721 e. The molecule has 0 saturated heterocycles. The molecule has 2 atom stereocenters. The van der Waals surface area contributed by atoms with Crippen LogP contribution in [0.2, 0.25) is 0 Å². The van der Waals surface area contributed by atoms with E-state index in [1.807, 2.05) is 18.3 Å². The van der Waals surface area contributed by atoms with E-state index in [9.17, 15) is 5.11 Å². The molecule has 1 heterocycles. The summed E-state index contributed by atoms with van der Waals surface area (Å²) in [6, 6.07) is 3.96. The summed E-state index contributed by atoms with van der Waals surface area (Å²) < 4.78 is 0. The first-order valence-electron chi connectivity index (χ1n) is 5.36. The molecule has 0 spiro atoms. The second kappa shape index (κ2) is 3.70. The Morgan fingerprint density at radius 1 is 1.64 bits per heavy atom. The van der Waals surface area contributed by atoms with Gasteiger partial charge in [-0.15, -0.1) is 0 Å². The van der Waals surface area contributed by atoms with Gasteiger partial charge in [0.1, 0.15) is 0 Å². The van der Waals surface area contributed by atoms with Gasteiger partial charge in [0.25, 0.3) is 0 Å². The van der Waals surface area contributed by atoms with Crippen molar-refractivity contribution in [1.29, 1.82) is 0 Å². The molecule has 0 bridgehead atoms. The van der Waals surface area contributed by atoms with E-state index < -0.39 is 5.60 Å². The molecule has 2 unspecified atom stereocenters. The van der Waals surface area contributed by atoms with E-state index in [1.165, 1.54) is 6.42 Å². The topological polar surface area (TPSA) is 33.1 Å². The van der Waals surface area contributed by atoms with E-state index in [4.69, 9.17) is 0 Å². The van der Waals surface area contributed by atoms with Crippen LogP contribution in [-0.2, 0) is 6.42 Å². The number of aliphatic hydroxyl groups is 1. The molecule has 1 N–H and O–H groups in total. The Labute approximate surface area is 85.0 Å². The summed E-state index contributed by atoms with van der Waals surface area (Å²) in [5.74, 6) is 0.521. The molecule has 2 nitrogen and oxygen atoms in total. The number of rotatable bonds is 4. The summed E-state index contributed by atoms with van der Waals surface area (Å²) >= 11 is 0. The first-order chi connectivity index (χ1) is 6.74. The van der Waals surface area contributed by atoms with E-state index in [0.29, 0.717) is 5.92 Å². The lowest BCUT2D eigenvalue weighted by Gasteiger charge is -2.09. The van der Waals surface area contributed by atoms with Gasteiger partial charge >= 0.3 is 0 Å². The van der Waals surface area contributed by atoms with Crippen molar-refractivity contribution in [1.82, 2.24) is 4.98 Å². The van der Waals surface area contributed by atoms with Crippen molar-refractivity contribution in [3.63, 3.8) is 0 Å². The highest BCUT2D eigenvalue weighted by Crippen LogP contribution is 2.48. The molecule has 0 aliphatic heterocycles. The van der Waals surface area contributed by atoms with Crippen molar-refractivity contribution in [3.05, 3.63) is 30.1 Å². The maximum atomic E-state index is 10.1. The van der Waals surface area contributed by atoms with Crippen LogP contribution < -0.4 is 0 Å². The Morgan fingerprint density at radius 3 is 3.14 bits per heavy atom. The molecule has 2 rings (SSSR count). The van der Waals surface area contributed by atoms with Crippen molar-refractivity contribution < 1.29 is 5.11 Å². The molecule has 1 aliphatic rings. The Bertz CT molecular complexity index is 298. The Kier molecular flexibility index (Phi) is 2.55. The van der Waals surface area contributed by atoms with E-state index in [1.54, 1.807) is 6.20 Å². The molecule has 0 radical (unpaired) electrons. The quantitative estimate of drug-likeness (QED) is 0.791. The van der Waals surface area contributed by atoms with Gasteiger partial charge in [0.2, 0.25) is 0 Å². The van der Waals surface area contributed by atoms with Gasteiger partial charge < -0.3 is 5.11 Å². The monoisotopic (exact) mass is 191 g/mol. The van der Waals surface area contributed by atoms with Gasteiger partial charge in [0.15, 0.2) is 0 Å². The summed E-state index contributed by atoms with van der Waals surface area (Å²) in [4.78, 5) is 4.06. The molecule has 1 aromatic heterocycles. The summed E-state index contributed by atoms with van der Waals surface area (Å²) in [7, 11) is 0. The molecule has 14 heavy (non-hydrogen) atoms. The number of aromatic nitrogens is 1. The second-order valence-corrected chi connectivity index (χ2v) is 4.33. The minimum atomic E-state index is -0.418. The number of nitrogens with zero attached hydrogens (tertiary/aromatic N) is 1. The van der Waals surface area contributed by atoms with Gasteiger partial charge in [-0.1, -0.05) is 19.4 Å². The van der Waals surface area contributed by atoms with Gasteiger partial charge in [-0.05, 0) is 30.4 Å². The van der Waals surface area contributed by atoms with Crippen LogP contribution in [0.4, 0.5) is 0 Å². The van der Waals surface area contributed by atoms with Gasteiger partial charge in [-0.25, -0.2) is 0 Å². The molecule has 1 saturated carbocycles. The van der Waals surface area contributed by atoms with E-state index in [-0.39, 0.29) is 0 Å². The van der Waals surface area contributed by atoms with Crippen LogP contribution in [0.3, 0.4) is 0 Å². The fraction of sp³-hybridized carbons (Fsp3) is 0.583. The average Bonchev–Trinajstić information content (AvgIpc) is 2.78. The lowest BCUT2D eigenvalue weighted by Crippen LogP contribution is -2.15. The first kappa shape index (κ1) is 9.66. The molecular weight excluding hydrogens is 174 g/mol. The largest absolute Gasteiger partial charge is 0.389 e. The summed E-state index contributed by atoms with van der Waals surface area (Å²) in [5.41, 5.74) is 0.729. The average molecular weight is 191 g/mol. The van der Waals surface area contributed by atoms with Crippen LogP contribution in [0, 0.1) is 5.92 Å². The molecule has 1 aliphatic carbocycles. The third-order valence-corrected chi connectivity index (χ3v) is 3.07. The number of pyridine rings is 1. The maximum Gasteiger partial charge on any atom is 0.0721 e. The first-order valence-corrected chi connectivity index (χ1v) is 5.36. The van der Waals surface area contributed by atoms with E-state index in [0.717, 1.165) is 24.8 Å². The molecule has 1 fully saturated rings. The summed E-state index contributed by atoms with van der Waals surface area (Å²) in [6.45, 7) is 2.17. The Balaban J connectivity index is 1.94. The van der Waals surface area contributed by atoms with Crippen LogP contribution >= 0.6 is 0 Å². The van der Waals surface area contributed by atoms with Crippen LogP contribution in [-0.4, -0.2) is 15.7 Å². The minimum Gasteiger partial charge on any atom is -0.389 e. The molecule has 0 amide bonds. The van der Waals surface area contributed by atoms with Crippen LogP contribution in [0.5, 0.6) is 0 Å². The van der Waals surface area contributed by atoms with Crippen molar-refractivity contribution in [2.75, 3.05) is 0 Å². The van der Waals surface area contributed by atoms with Gasteiger partial charge in [0.05, 0.1) is 5.60 Å². The summed E-state index contributed by atoms with van der Waals surface area (Å²) in [5, 5.41) is 10.1. The van der Waals surface area contributed by atoms with Crippen LogP contribution in [0.1, 0.15) is 31.7 Å². The predicted octanol–water partition coefficient (Wildman–Crippen LogP) is 2.18. The van der Waals surface area contributed by atoms with E-state index >= 15 is 0 Å². The molecule has 76 valence electrons. The summed E-state index contributed by atoms with van der Waals surface area (Å²) in [6.07, 6.45) is 7.67. The molecule has 2 heteroatoms. The minimum absolute atomic E-state index is 0.418. The van der Waals surface area contributed by atoms with E-state index in [2.05, 4.69) is 11.9 Å². The number of hydrogen-bond donors (Lipinski definition) is 1. The fourth-order valence-electron chi connectivity index (χ4n) is 2.16. The maximum absolute atomic E-state index is 10.1. The highest BCUT2D eigenvalue weighted by molar-refractivity contribution is 5.17. The zero-order valence-electron chi connectivity index (χ0n) is 8.61. The molecular formula is C12H17NO. The van der Waals surface area contributed by atoms with Crippen molar-refractivity contribution in [2.24, 2.45) is 5.92 Å². The third kappa shape index (κ3) is 1.95. The fourth-order valence-corrected chi connectivity index (χ4v) is 2.16. The lowest BCUT2D eigenvalue weighted by atomic mass is 10.0. The predicted molar refractivity (Wildman–Crippen MR) is 55.9 cm³/mol. The zero-order valence-corrected chi connectivity index (χ0v) is 8.61. The SMILES string of the molecule is CCCC1CC1(O)Cc1cccnc1. The van der Waals surface area contributed by atoms with Crippen molar-refractivity contribution >= 4 is 0 Å². The third-order valence-electron chi connectivity index (χ3n) is 3.07. The zero-order chi connectivity index (χ0) is 10.0. The molecule has 0 aromatic carbocycles. The Hall–Kier alpha value is -0.890. The van der Waals surface area contributed by atoms with Crippen molar-refractivity contribution in [2.45, 2.75) is 38.2 Å². The van der Waals surface area contributed by atoms with Crippen LogP contribution in [0.25, 0.3) is 0 Å². The standard InChI is InChI=1S/C12H17NO/c1-2-4-11-8-12(11,14)7-10-5-3-6-13-9-10/h3,5-6,9,11,14H,2,4,7-8H2,1H3. The highest BCUT2D eigenvalue weighted by Gasteiger charge is 2.51. The van der Waals surface area contributed by atoms with Gasteiger partial charge in [-0.2, -0.15) is 0 Å². The van der Waals surface area contributed by atoms with Crippen molar-refractivity contribution in [3.8, 4) is 0 Å². The van der Waals surface area contributed by atoms with Gasteiger partial charge in [-0.3, -0.25) is 4.98 Å². The Morgan fingerprint density at radius 2 is 2.50 bits per heavy atom. The van der Waals surface area contributed by atoms with Gasteiger partial charge in [0, 0.05) is 18.8 Å². The number of hydrogen-bond acceptors (Lipinski definition) is 2. The molecule has 1 aromatic rings. The van der Waals surface area contributed by atoms with Crippen LogP contribution in [0.15, 0.2) is 24.5 Å². The second-order valence-electron chi connectivity index (χ2n) is 4.33. The normalized spacial score (nSPS) is 30.3. The lowest BCUT2D eigenvalue weighted by molar-refractivity contribution is 0.129.